The van der Waals surface area contributed by atoms with Gasteiger partial charge >= 0.3 is 0 Å². The summed E-state index contributed by atoms with van der Waals surface area (Å²) in [6.07, 6.45) is 2.99. The highest BCUT2D eigenvalue weighted by atomic mass is 16.6. The van der Waals surface area contributed by atoms with Gasteiger partial charge in [-0.1, -0.05) is 18.2 Å². The molecule has 0 spiro atoms. The van der Waals surface area contributed by atoms with Crippen LogP contribution in [0.2, 0.25) is 0 Å². The number of pyridine rings is 1. The summed E-state index contributed by atoms with van der Waals surface area (Å²) in [4.78, 5) is 14.0. The highest BCUT2D eigenvalue weighted by molar-refractivity contribution is 5.35. The molecule has 1 aromatic carbocycles. The summed E-state index contributed by atoms with van der Waals surface area (Å²) >= 11 is 0. The molecule has 1 aliphatic rings. The van der Waals surface area contributed by atoms with Crippen LogP contribution in [0.4, 0.5) is 5.69 Å². The summed E-state index contributed by atoms with van der Waals surface area (Å²) in [7, 11) is 0. The smallest absolute Gasteiger partial charge is 0.287 e. The lowest BCUT2D eigenvalue weighted by Gasteiger charge is -2.25. The zero-order chi connectivity index (χ0) is 14.7. The molecule has 0 N–H and O–H groups in total. The molecular weight excluding hydrogens is 272 g/mol. The third-order valence-corrected chi connectivity index (χ3v) is 3.35. The Balaban J connectivity index is 1.57. The molecular formula is C15H14N2O4. The standard InChI is InChI=1S/C15H14N2O4/c18-17(19)12-6-8-15(16-9-12)20-10-13-7-5-11-3-1-2-4-14(11)21-13/h1-4,6,8-9,13H,5,7,10H2. The molecule has 3 rings (SSSR count). The second kappa shape index (κ2) is 5.78. The van der Waals surface area contributed by atoms with E-state index in [-0.39, 0.29) is 11.8 Å². The Hall–Kier alpha value is -2.63. The Bertz CT molecular complexity index is 642. The summed E-state index contributed by atoms with van der Waals surface area (Å²) in [6.45, 7) is 0.374. The van der Waals surface area contributed by atoms with E-state index in [1.807, 2.05) is 18.2 Å². The van der Waals surface area contributed by atoms with Crippen LogP contribution in [0.1, 0.15) is 12.0 Å². The number of aromatic nitrogens is 1. The van der Waals surface area contributed by atoms with Gasteiger partial charge in [0.2, 0.25) is 5.88 Å². The van der Waals surface area contributed by atoms with Gasteiger partial charge in [0.05, 0.1) is 4.92 Å². The minimum absolute atomic E-state index is 0.0307. The van der Waals surface area contributed by atoms with Crippen molar-refractivity contribution in [2.75, 3.05) is 6.61 Å². The summed E-state index contributed by atoms with van der Waals surface area (Å²) in [5.41, 5.74) is 1.16. The van der Waals surface area contributed by atoms with Gasteiger partial charge in [-0.15, -0.1) is 0 Å². The molecule has 1 unspecified atom stereocenters. The molecule has 0 radical (unpaired) electrons. The van der Waals surface area contributed by atoms with Crippen molar-refractivity contribution in [2.45, 2.75) is 18.9 Å². The molecule has 0 bridgehead atoms. The highest BCUT2D eigenvalue weighted by Gasteiger charge is 2.20. The maximum absolute atomic E-state index is 10.5. The average Bonchev–Trinajstić information content (AvgIpc) is 2.53. The second-order valence-electron chi connectivity index (χ2n) is 4.81. The molecule has 1 aromatic heterocycles. The monoisotopic (exact) mass is 286 g/mol. The first-order valence-corrected chi connectivity index (χ1v) is 6.70. The van der Waals surface area contributed by atoms with Gasteiger partial charge in [-0.25, -0.2) is 4.98 Å². The summed E-state index contributed by atoms with van der Waals surface area (Å²) in [6, 6.07) is 10.8. The van der Waals surface area contributed by atoms with E-state index >= 15 is 0 Å². The Morgan fingerprint density at radius 2 is 2.19 bits per heavy atom. The number of benzene rings is 1. The van der Waals surface area contributed by atoms with Crippen LogP contribution in [0, 0.1) is 10.1 Å². The third kappa shape index (κ3) is 3.10. The van der Waals surface area contributed by atoms with Crippen LogP contribution in [0.3, 0.4) is 0 Å². The average molecular weight is 286 g/mol. The van der Waals surface area contributed by atoms with Crippen LogP contribution >= 0.6 is 0 Å². The first kappa shape index (κ1) is 13.4. The topological polar surface area (TPSA) is 74.5 Å². The largest absolute Gasteiger partial charge is 0.487 e. The van der Waals surface area contributed by atoms with Crippen molar-refractivity contribution in [2.24, 2.45) is 0 Å². The number of nitrogens with zero attached hydrogens (tertiary/aromatic N) is 2. The van der Waals surface area contributed by atoms with E-state index in [1.165, 1.54) is 23.9 Å². The molecule has 2 heterocycles. The van der Waals surface area contributed by atoms with E-state index in [0.717, 1.165) is 18.6 Å². The SMILES string of the molecule is O=[N+]([O-])c1ccc(OCC2CCc3ccccc3O2)nc1. The van der Waals surface area contributed by atoms with Crippen LogP contribution in [-0.4, -0.2) is 22.6 Å². The zero-order valence-corrected chi connectivity index (χ0v) is 11.3. The Kier molecular flexibility index (Phi) is 3.68. The van der Waals surface area contributed by atoms with Gasteiger partial charge in [0.15, 0.2) is 0 Å². The second-order valence-corrected chi connectivity index (χ2v) is 4.81. The van der Waals surface area contributed by atoms with Gasteiger partial charge in [-0.05, 0) is 24.5 Å². The summed E-state index contributed by atoms with van der Waals surface area (Å²) < 4.78 is 11.4. The molecule has 0 fully saturated rings. The van der Waals surface area contributed by atoms with E-state index < -0.39 is 4.92 Å². The Morgan fingerprint density at radius 1 is 1.33 bits per heavy atom. The molecule has 0 amide bonds. The summed E-state index contributed by atoms with van der Waals surface area (Å²) in [5, 5.41) is 10.5. The number of hydrogen-bond donors (Lipinski definition) is 0. The number of rotatable bonds is 4. The normalized spacial score (nSPS) is 16.7. The zero-order valence-electron chi connectivity index (χ0n) is 11.3. The van der Waals surface area contributed by atoms with Crippen LogP contribution in [0.25, 0.3) is 0 Å². The number of ether oxygens (including phenoxy) is 2. The molecule has 1 aliphatic heterocycles. The van der Waals surface area contributed by atoms with E-state index in [0.29, 0.717) is 12.5 Å². The van der Waals surface area contributed by atoms with Gasteiger partial charge in [0.25, 0.3) is 5.69 Å². The lowest BCUT2D eigenvalue weighted by atomic mass is 10.0. The number of aryl methyl sites for hydroxylation is 1. The van der Waals surface area contributed by atoms with Crippen LogP contribution in [-0.2, 0) is 6.42 Å². The maximum Gasteiger partial charge on any atom is 0.287 e. The summed E-state index contributed by atoms with van der Waals surface area (Å²) in [5.74, 6) is 1.26. The van der Waals surface area contributed by atoms with E-state index in [2.05, 4.69) is 11.1 Å². The molecule has 1 atom stereocenters. The number of nitro groups is 1. The fourth-order valence-electron chi connectivity index (χ4n) is 2.24. The van der Waals surface area contributed by atoms with Gasteiger partial charge in [-0.2, -0.15) is 0 Å². The molecule has 0 aliphatic carbocycles. The lowest BCUT2D eigenvalue weighted by Crippen LogP contribution is -2.29. The predicted octanol–water partition coefficient (Wildman–Crippen LogP) is 2.76. The van der Waals surface area contributed by atoms with Gasteiger partial charge in [0, 0.05) is 12.1 Å². The van der Waals surface area contributed by atoms with Gasteiger partial charge < -0.3 is 9.47 Å². The molecule has 0 saturated carbocycles. The molecule has 108 valence electrons. The predicted molar refractivity (Wildman–Crippen MR) is 75.6 cm³/mol. The minimum Gasteiger partial charge on any atom is -0.487 e. The fraction of sp³-hybridized carbons (Fsp3) is 0.267. The van der Waals surface area contributed by atoms with Crippen LogP contribution in [0.15, 0.2) is 42.6 Å². The molecule has 0 saturated heterocycles. The molecule has 2 aromatic rings. The van der Waals surface area contributed by atoms with Crippen LogP contribution in [0.5, 0.6) is 11.6 Å². The van der Waals surface area contributed by atoms with Crippen molar-refractivity contribution in [1.82, 2.24) is 4.98 Å². The fourth-order valence-corrected chi connectivity index (χ4v) is 2.24. The lowest BCUT2D eigenvalue weighted by molar-refractivity contribution is -0.385. The van der Waals surface area contributed by atoms with Crippen molar-refractivity contribution in [3.05, 3.63) is 58.3 Å². The number of para-hydroxylation sites is 1. The number of fused-ring (bicyclic) bond motifs is 1. The first-order valence-electron chi connectivity index (χ1n) is 6.70. The van der Waals surface area contributed by atoms with E-state index in [9.17, 15) is 10.1 Å². The van der Waals surface area contributed by atoms with Gasteiger partial charge in [0.1, 0.15) is 24.7 Å². The Labute approximate surface area is 121 Å². The third-order valence-electron chi connectivity index (χ3n) is 3.35. The quantitative estimate of drug-likeness (QED) is 0.638. The molecule has 21 heavy (non-hydrogen) atoms. The maximum atomic E-state index is 10.5. The van der Waals surface area contributed by atoms with Crippen molar-refractivity contribution >= 4 is 5.69 Å². The minimum atomic E-state index is -0.488. The van der Waals surface area contributed by atoms with Crippen molar-refractivity contribution < 1.29 is 14.4 Å². The first-order chi connectivity index (χ1) is 10.2. The molecule has 6 heteroatoms. The molecule has 6 nitrogen and oxygen atoms in total. The van der Waals surface area contributed by atoms with Crippen molar-refractivity contribution in [3.63, 3.8) is 0 Å². The van der Waals surface area contributed by atoms with E-state index in [1.54, 1.807) is 0 Å². The Morgan fingerprint density at radius 3 is 2.95 bits per heavy atom. The van der Waals surface area contributed by atoms with Crippen molar-refractivity contribution in [3.8, 4) is 11.6 Å². The van der Waals surface area contributed by atoms with Crippen molar-refractivity contribution in [1.29, 1.82) is 0 Å². The highest BCUT2D eigenvalue weighted by Crippen LogP contribution is 2.27. The van der Waals surface area contributed by atoms with Gasteiger partial charge in [-0.3, -0.25) is 10.1 Å². The number of hydrogen-bond acceptors (Lipinski definition) is 5. The van der Waals surface area contributed by atoms with Crippen LogP contribution < -0.4 is 9.47 Å². The van der Waals surface area contributed by atoms with E-state index in [4.69, 9.17) is 9.47 Å².